The minimum atomic E-state index is -0.577. The van der Waals surface area contributed by atoms with Gasteiger partial charge in [-0.2, -0.15) is 0 Å². The van der Waals surface area contributed by atoms with Crippen LogP contribution >= 0.6 is 0 Å². The van der Waals surface area contributed by atoms with Crippen molar-refractivity contribution in [2.24, 2.45) is 0 Å². The number of esters is 2. The van der Waals surface area contributed by atoms with Crippen molar-refractivity contribution in [3.8, 4) is 11.5 Å². The van der Waals surface area contributed by atoms with Gasteiger partial charge in [-0.3, -0.25) is 9.69 Å². The molecule has 1 aromatic rings. The van der Waals surface area contributed by atoms with Crippen LogP contribution in [0.2, 0.25) is 0 Å². The van der Waals surface area contributed by atoms with E-state index in [2.05, 4.69) is 4.90 Å². The van der Waals surface area contributed by atoms with Gasteiger partial charge >= 0.3 is 11.9 Å². The van der Waals surface area contributed by atoms with E-state index in [1.807, 2.05) is 13.0 Å². The van der Waals surface area contributed by atoms with Crippen LogP contribution in [0.1, 0.15) is 46.8 Å². The van der Waals surface area contributed by atoms with E-state index in [1.54, 1.807) is 6.92 Å². The van der Waals surface area contributed by atoms with Gasteiger partial charge < -0.3 is 24.4 Å². The van der Waals surface area contributed by atoms with Crippen molar-refractivity contribution in [2.75, 3.05) is 39.5 Å². The number of rotatable bonds is 8. The van der Waals surface area contributed by atoms with E-state index in [4.69, 9.17) is 14.2 Å². The predicted molar refractivity (Wildman–Crippen MR) is 109 cm³/mol. The first-order valence-corrected chi connectivity index (χ1v) is 10.2. The molecule has 0 saturated carbocycles. The molecule has 2 heterocycles. The fraction of sp³-hybridized carbons (Fsp3) is 0.545. The number of nitrogens with zero attached hydrogens (tertiary/aromatic N) is 1. The average Bonchev–Trinajstić information content (AvgIpc) is 3.13. The van der Waals surface area contributed by atoms with Gasteiger partial charge in [0.05, 0.1) is 13.2 Å². The summed E-state index contributed by atoms with van der Waals surface area (Å²) in [5.41, 5.74) is 2.42. The molecule has 0 atom stereocenters. The molecule has 2 aliphatic heterocycles. The Hall–Kier alpha value is -2.58. The molecule has 3 rings (SSSR count). The maximum atomic E-state index is 12.0. The Bertz CT molecular complexity index is 841. The molecule has 0 bridgehead atoms. The number of morpholine rings is 1. The number of ether oxygens (including phenoxy) is 3. The van der Waals surface area contributed by atoms with Crippen molar-refractivity contribution >= 4 is 11.9 Å². The van der Waals surface area contributed by atoms with Crippen molar-refractivity contribution in [1.29, 1.82) is 0 Å². The number of allylic oxidation sites excluding steroid dienone is 2. The zero-order chi connectivity index (χ0) is 21.7. The summed E-state index contributed by atoms with van der Waals surface area (Å²) in [6.07, 6.45) is 2.86. The molecular weight excluding hydrogens is 390 g/mol. The summed E-state index contributed by atoms with van der Waals surface area (Å²) in [5, 5.41) is 20.9. The van der Waals surface area contributed by atoms with E-state index in [0.29, 0.717) is 43.9 Å². The quantitative estimate of drug-likeness (QED) is 0.488. The van der Waals surface area contributed by atoms with Crippen LogP contribution in [0.4, 0.5) is 0 Å². The Morgan fingerprint density at radius 3 is 2.67 bits per heavy atom. The fourth-order valence-corrected chi connectivity index (χ4v) is 3.63. The Morgan fingerprint density at radius 1 is 1.20 bits per heavy atom. The zero-order valence-corrected chi connectivity index (χ0v) is 17.5. The molecule has 2 N–H and O–H groups in total. The molecule has 2 aliphatic rings. The van der Waals surface area contributed by atoms with E-state index in [0.717, 1.165) is 18.7 Å². The number of phenolic OH excluding ortho intramolecular Hbond substituents is 2. The van der Waals surface area contributed by atoms with E-state index in [9.17, 15) is 19.8 Å². The first kappa shape index (κ1) is 22.1. The molecule has 1 aromatic carbocycles. The lowest BCUT2D eigenvalue weighted by atomic mass is 9.95. The molecule has 0 unspecified atom stereocenters. The van der Waals surface area contributed by atoms with E-state index in [1.165, 1.54) is 0 Å². The van der Waals surface area contributed by atoms with Gasteiger partial charge in [0.1, 0.15) is 30.3 Å². The van der Waals surface area contributed by atoms with Gasteiger partial charge in [-0.25, -0.2) is 4.79 Å². The van der Waals surface area contributed by atoms with Gasteiger partial charge in [-0.05, 0) is 32.3 Å². The molecule has 30 heavy (non-hydrogen) atoms. The summed E-state index contributed by atoms with van der Waals surface area (Å²) in [5.74, 6) is -1.09. The third-order valence-corrected chi connectivity index (χ3v) is 5.62. The monoisotopic (exact) mass is 419 g/mol. The van der Waals surface area contributed by atoms with E-state index in [-0.39, 0.29) is 48.0 Å². The number of carbonyl (C=O) groups is 2. The van der Waals surface area contributed by atoms with Crippen molar-refractivity contribution in [3.05, 3.63) is 33.9 Å². The number of phenols is 2. The Kier molecular flexibility index (Phi) is 7.33. The van der Waals surface area contributed by atoms with Crippen molar-refractivity contribution in [3.63, 3.8) is 0 Å². The number of hydrogen-bond donors (Lipinski definition) is 2. The predicted octanol–water partition coefficient (Wildman–Crippen LogP) is 2.22. The third-order valence-electron chi connectivity index (χ3n) is 5.62. The van der Waals surface area contributed by atoms with E-state index >= 15 is 0 Å². The van der Waals surface area contributed by atoms with Crippen LogP contribution in [-0.4, -0.2) is 66.5 Å². The molecule has 8 heteroatoms. The van der Waals surface area contributed by atoms with Gasteiger partial charge in [0.25, 0.3) is 0 Å². The minimum absolute atomic E-state index is 0.0314. The molecule has 0 radical (unpaired) electrons. The number of carbonyl (C=O) groups excluding carboxylic acids is 2. The number of cyclic esters (lactones) is 1. The molecule has 0 amide bonds. The minimum Gasteiger partial charge on any atom is -0.507 e. The molecule has 164 valence electrons. The first-order valence-electron chi connectivity index (χ1n) is 10.2. The molecular formula is C22H29NO7. The van der Waals surface area contributed by atoms with Gasteiger partial charge in [-0.1, -0.05) is 11.6 Å². The molecule has 0 aliphatic carbocycles. The maximum Gasteiger partial charge on any atom is 0.342 e. The first-order chi connectivity index (χ1) is 14.4. The second kappa shape index (κ2) is 9.95. The smallest absolute Gasteiger partial charge is 0.342 e. The van der Waals surface area contributed by atoms with Crippen molar-refractivity contribution < 1.29 is 34.0 Å². The van der Waals surface area contributed by atoms with Crippen molar-refractivity contribution in [1.82, 2.24) is 4.90 Å². The second-order valence-corrected chi connectivity index (χ2v) is 7.66. The van der Waals surface area contributed by atoms with Crippen LogP contribution in [-0.2, 0) is 32.0 Å². The summed E-state index contributed by atoms with van der Waals surface area (Å²) >= 11 is 0. The van der Waals surface area contributed by atoms with Crippen LogP contribution in [0.15, 0.2) is 11.6 Å². The second-order valence-electron chi connectivity index (χ2n) is 7.66. The summed E-state index contributed by atoms with van der Waals surface area (Å²) in [6, 6.07) is 0. The largest absolute Gasteiger partial charge is 0.507 e. The highest BCUT2D eigenvalue weighted by Gasteiger charge is 2.31. The summed E-state index contributed by atoms with van der Waals surface area (Å²) in [6.45, 7) is 7.87. The highest BCUT2D eigenvalue weighted by Crippen LogP contribution is 2.41. The highest BCUT2D eigenvalue weighted by atomic mass is 16.5. The lowest BCUT2D eigenvalue weighted by molar-refractivity contribution is -0.144. The van der Waals surface area contributed by atoms with Crippen LogP contribution in [0.25, 0.3) is 0 Å². The average molecular weight is 419 g/mol. The van der Waals surface area contributed by atoms with E-state index < -0.39 is 5.97 Å². The van der Waals surface area contributed by atoms with Crippen LogP contribution < -0.4 is 0 Å². The topological polar surface area (TPSA) is 106 Å². The number of benzene rings is 1. The van der Waals surface area contributed by atoms with Gasteiger partial charge in [0.2, 0.25) is 0 Å². The van der Waals surface area contributed by atoms with Gasteiger partial charge in [0, 0.05) is 37.2 Å². The molecule has 1 fully saturated rings. The maximum absolute atomic E-state index is 12.0. The Balaban J connectivity index is 1.49. The van der Waals surface area contributed by atoms with Crippen LogP contribution in [0, 0.1) is 6.92 Å². The molecule has 1 saturated heterocycles. The van der Waals surface area contributed by atoms with Gasteiger partial charge in [-0.15, -0.1) is 0 Å². The standard InChI is InChI=1S/C22H29NO7/c1-14(4-6-18(24)29-12-9-23-7-10-28-11-8-23)3-5-16-20(25)15(2)17-13-30-22(27)19(17)21(16)26/h3,25-26H,4-13H2,1-2H3/b14-3+. The Morgan fingerprint density at radius 2 is 1.93 bits per heavy atom. The van der Waals surface area contributed by atoms with Crippen LogP contribution in [0.3, 0.4) is 0 Å². The number of hydrogen-bond acceptors (Lipinski definition) is 8. The lowest BCUT2D eigenvalue weighted by Gasteiger charge is -2.26. The normalized spacial score (nSPS) is 17.0. The van der Waals surface area contributed by atoms with Crippen molar-refractivity contribution in [2.45, 2.75) is 39.7 Å². The SMILES string of the molecule is C/C(=C\Cc1c(O)c(C)c2c(c1O)C(=O)OC2)CCC(=O)OCCN1CCOCC1. The summed E-state index contributed by atoms with van der Waals surface area (Å²) in [4.78, 5) is 26.0. The molecule has 8 nitrogen and oxygen atoms in total. The Labute approximate surface area is 176 Å². The molecule has 0 aromatic heterocycles. The summed E-state index contributed by atoms with van der Waals surface area (Å²) < 4.78 is 15.5. The third kappa shape index (κ3) is 5.12. The zero-order valence-electron chi connectivity index (χ0n) is 17.5. The number of fused-ring (bicyclic) bond motifs is 1. The number of aromatic hydroxyl groups is 2. The summed E-state index contributed by atoms with van der Waals surface area (Å²) in [7, 11) is 0. The van der Waals surface area contributed by atoms with Crippen LogP contribution in [0.5, 0.6) is 11.5 Å². The fourth-order valence-electron chi connectivity index (χ4n) is 3.63. The molecule has 0 spiro atoms. The van der Waals surface area contributed by atoms with Gasteiger partial charge in [0.15, 0.2) is 0 Å². The lowest BCUT2D eigenvalue weighted by Crippen LogP contribution is -2.38. The highest BCUT2D eigenvalue weighted by molar-refractivity contribution is 5.98.